The van der Waals surface area contributed by atoms with Gasteiger partial charge in [-0.05, 0) is 36.4 Å². The molecule has 1 saturated heterocycles. The van der Waals surface area contributed by atoms with Gasteiger partial charge in [-0.15, -0.1) is 10.2 Å². The maximum Gasteiger partial charge on any atom is 0.274 e. The maximum atomic E-state index is 12.4. The zero-order chi connectivity index (χ0) is 17.6. The number of nitrogens with one attached hydrogen (secondary N) is 1. The lowest BCUT2D eigenvalue weighted by atomic mass is 10.2. The predicted molar refractivity (Wildman–Crippen MR) is 91.8 cm³/mol. The molecular formula is C17H19N5O3. The van der Waals surface area contributed by atoms with Crippen molar-refractivity contribution in [2.75, 3.05) is 38.6 Å². The van der Waals surface area contributed by atoms with Crippen molar-refractivity contribution in [2.24, 2.45) is 0 Å². The second kappa shape index (κ2) is 7.61. The third kappa shape index (κ3) is 4.03. The van der Waals surface area contributed by atoms with Crippen LogP contribution in [0.4, 0.5) is 11.5 Å². The van der Waals surface area contributed by atoms with Crippen molar-refractivity contribution >= 4 is 23.8 Å². The fourth-order valence-corrected chi connectivity index (χ4v) is 2.53. The van der Waals surface area contributed by atoms with E-state index in [-0.39, 0.29) is 5.91 Å². The van der Waals surface area contributed by atoms with Crippen LogP contribution < -0.4 is 10.1 Å². The van der Waals surface area contributed by atoms with E-state index in [2.05, 4.69) is 15.5 Å². The van der Waals surface area contributed by atoms with Crippen LogP contribution >= 0.6 is 0 Å². The molecule has 1 aliphatic heterocycles. The number of methoxy groups -OCH3 is 1. The van der Waals surface area contributed by atoms with Gasteiger partial charge < -0.3 is 19.9 Å². The molecule has 1 aromatic carbocycles. The fourth-order valence-electron chi connectivity index (χ4n) is 2.53. The predicted octanol–water partition coefficient (Wildman–Crippen LogP) is 1.14. The van der Waals surface area contributed by atoms with Crippen molar-refractivity contribution in [2.45, 2.75) is 0 Å². The number of hydrogen-bond donors (Lipinski definition) is 1. The molecule has 0 spiro atoms. The molecule has 1 aliphatic rings. The lowest BCUT2D eigenvalue weighted by Crippen LogP contribution is -2.48. The molecule has 8 nitrogen and oxygen atoms in total. The van der Waals surface area contributed by atoms with E-state index >= 15 is 0 Å². The van der Waals surface area contributed by atoms with Gasteiger partial charge in [-0.1, -0.05) is 0 Å². The monoisotopic (exact) mass is 341 g/mol. The summed E-state index contributed by atoms with van der Waals surface area (Å²) in [5, 5.41) is 11.2. The number of carbonyl (C=O) groups is 2. The molecule has 0 aliphatic carbocycles. The average molecular weight is 341 g/mol. The maximum absolute atomic E-state index is 12.4. The molecule has 1 fully saturated rings. The van der Waals surface area contributed by atoms with Crippen LogP contribution in [0, 0.1) is 0 Å². The Morgan fingerprint density at radius 3 is 2.36 bits per heavy atom. The number of ether oxygens (including phenoxy) is 1. The first-order valence-electron chi connectivity index (χ1n) is 7.93. The van der Waals surface area contributed by atoms with Gasteiger partial charge in [0, 0.05) is 31.9 Å². The Balaban J connectivity index is 1.61. The van der Waals surface area contributed by atoms with E-state index in [0.29, 0.717) is 37.7 Å². The third-order valence-electron chi connectivity index (χ3n) is 4.00. The SMILES string of the molecule is COc1ccc(Nc2ccc(C(=O)N3CCN(C=O)CC3)nn2)cc1. The van der Waals surface area contributed by atoms with Crippen molar-refractivity contribution < 1.29 is 14.3 Å². The molecule has 2 heterocycles. The number of aromatic nitrogens is 2. The average Bonchev–Trinajstić information content (AvgIpc) is 2.69. The molecule has 0 atom stereocenters. The number of piperazine rings is 1. The molecule has 1 aromatic heterocycles. The topological polar surface area (TPSA) is 87.7 Å². The van der Waals surface area contributed by atoms with Crippen LogP contribution in [0.15, 0.2) is 36.4 Å². The van der Waals surface area contributed by atoms with E-state index in [0.717, 1.165) is 17.8 Å². The smallest absolute Gasteiger partial charge is 0.274 e. The van der Waals surface area contributed by atoms with E-state index in [1.165, 1.54) is 0 Å². The highest BCUT2D eigenvalue weighted by atomic mass is 16.5. The van der Waals surface area contributed by atoms with Crippen LogP contribution in [0.5, 0.6) is 5.75 Å². The molecule has 25 heavy (non-hydrogen) atoms. The molecule has 0 unspecified atom stereocenters. The molecule has 8 heteroatoms. The zero-order valence-corrected chi connectivity index (χ0v) is 13.9. The summed E-state index contributed by atoms with van der Waals surface area (Å²) in [6.07, 6.45) is 0.807. The van der Waals surface area contributed by atoms with Crippen molar-refractivity contribution in [3.05, 3.63) is 42.1 Å². The Morgan fingerprint density at radius 1 is 1.08 bits per heavy atom. The van der Waals surface area contributed by atoms with Gasteiger partial charge in [0.05, 0.1) is 7.11 Å². The minimum Gasteiger partial charge on any atom is -0.497 e. The largest absolute Gasteiger partial charge is 0.497 e. The molecule has 3 rings (SSSR count). The van der Waals surface area contributed by atoms with Gasteiger partial charge in [0.1, 0.15) is 5.75 Å². The van der Waals surface area contributed by atoms with Crippen molar-refractivity contribution in [3.8, 4) is 5.75 Å². The Labute approximate surface area is 145 Å². The number of amides is 2. The summed E-state index contributed by atoms with van der Waals surface area (Å²) in [7, 11) is 1.61. The summed E-state index contributed by atoms with van der Waals surface area (Å²) in [5.41, 5.74) is 1.14. The van der Waals surface area contributed by atoms with E-state index in [9.17, 15) is 9.59 Å². The van der Waals surface area contributed by atoms with Crippen LogP contribution in [-0.2, 0) is 4.79 Å². The second-order valence-electron chi connectivity index (χ2n) is 5.59. The summed E-state index contributed by atoms with van der Waals surface area (Å²) in [6, 6.07) is 10.8. The number of carbonyl (C=O) groups excluding carboxylic acids is 2. The lowest BCUT2D eigenvalue weighted by Gasteiger charge is -2.32. The Hall–Kier alpha value is -3.16. The van der Waals surface area contributed by atoms with Crippen LogP contribution in [0.1, 0.15) is 10.5 Å². The summed E-state index contributed by atoms with van der Waals surface area (Å²) >= 11 is 0. The van der Waals surface area contributed by atoms with Crippen molar-refractivity contribution in [1.29, 1.82) is 0 Å². The van der Waals surface area contributed by atoms with Gasteiger partial charge in [-0.25, -0.2) is 0 Å². The van der Waals surface area contributed by atoms with Crippen molar-refractivity contribution in [1.82, 2.24) is 20.0 Å². The van der Waals surface area contributed by atoms with Gasteiger partial charge in [0.2, 0.25) is 6.41 Å². The number of benzene rings is 1. The first kappa shape index (κ1) is 16.7. The second-order valence-corrected chi connectivity index (χ2v) is 5.59. The number of hydrogen-bond acceptors (Lipinski definition) is 6. The number of nitrogens with zero attached hydrogens (tertiary/aromatic N) is 4. The summed E-state index contributed by atoms with van der Waals surface area (Å²) < 4.78 is 5.11. The Morgan fingerprint density at radius 2 is 1.80 bits per heavy atom. The van der Waals surface area contributed by atoms with Gasteiger partial charge in [-0.2, -0.15) is 0 Å². The van der Waals surface area contributed by atoms with E-state index in [4.69, 9.17) is 4.74 Å². The van der Waals surface area contributed by atoms with Crippen molar-refractivity contribution in [3.63, 3.8) is 0 Å². The molecule has 0 saturated carbocycles. The van der Waals surface area contributed by atoms with Crippen LogP contribution in [0.2, 0.25) is 0 Å². The standard InChI is InChI=1S/C17H19N5O3/c1-25-14-4-2-13(3-5-14)18-16-7-6-15(19-20-16)17(24)22-10-8-21(12-23)9-11-22/h2-7,12H,8-11H2,1H3,(H,18,20). The van der Waals surface area contributed by atoms with E-state index < -0.39 is 0 Å². The minimum absolute atomic E-state index is 0.172. The number of rotatable bonds is 5. The molecule has 1 N–H and O–H groups in total. The fraction of sp³-hybridized carbons (Fsp3) is 0.294. The van der Waals surface area contributed by atoms with Crippen LogP contribution in [-0.4, -0.2) is 65.6 Å². The highest BCUT2D eigenvalue weighted by molar-refractivity contribution is 5.92. The van der Waals surface area contributed by atoms with E-state index in [1.807, 2.05) is 24.3 Å². The first-order valence-corrected chi connectivity index (χ1v) is 7.93. The first-order chi connectivity index (χ1) is 12.2. The van der Waals surface area contributed by atoms with Crippen LogP contribution in [0.25, 0.3) is 0 Å². The molecule has 130 valence electrons. The minimum atomic E-state index is -0.172. The molecular weight excluding hydrogens is 322 g/mol. The lowest BCUT2D eigenvalue weighted by molar-refractivity contribution is -0.119. The summed E-state index contributed by atoms with van der Waals surface area (Å²) in [4.78, 5) is 26.5. The molecule has 2 aromatic rings. The normalized spacial score (nSPS) is 14.1. The zero-order valence-electron chi connectivity index (χ0n) is 13.9. The Bertz CT molecular complexity index is 725. The molecule has 2 amide bonds. The quantitative estimate of drug-likeness (QED) is 0.821. The number of anilines is 2. The van der Waals surface area contributed by atoms with Gasteiger partial charge >= 0.3 is 0 Å². The third-order valence-corrected chi connectivity index (χ3v) is 4.00. The molecule has 0 bridgehead atoms. The summed E-state index contributed by atoms with van der Waals surface area (Å²) in [5.74, 6) is 1.15. The van der Waals surface area contributed by atoms with Gasteiger partial charge in [0.15, 0.2) is 11.5 Å². The Kier molecular flexibility index (Phi) is 5.08. The van der Waals surface area contributed by atoms with Crippen LogP contribution in [0.3, 0.4) is 0 Å². The molecule has 0 radical (unpaired) electrons. The van der Waals surface area contributed by atoms with E-state index in [1.54, 1.807) is 29.0 Å². The van der Waals surface area contributed by atoms with Gasteiger partial charge in [-0.3, -0.25) is 9.59 Å². The highest BCUT2D eigenvalue weighted by Crippen LogP contribution is 2.18. The highest BCUT2D eigenvalue weighted by Gasteiger charge is 2.22. The summed E-state index contributed by atoms with van der Waals surface area (Å²) in [6.45, 7) is 2.09. The van der Waals surface area contributed by atoms with Gasteiger partial charge in [0.25, 0.3) is 5.91 Å².